The predicted molar refractivity (Wildman–Crippen MR) is 235 cm³/mol. The van der Waals surface area contributed by atoms with E-state index in [1.807, 2.05) is 30.3 Å². The Hall–Kier alpha value is -3.72. The first kappa shape index (κ1) is 47.3. The van der Waals surface area contributed by atoms with Crippen molar-refractivity contribution in [2.24, 2.45) is 57.3 Å². The summed E-state index contributed by atoms with van der Waals surface area (Å²) in [6.45, 7) is 0.750. The van der Waals surface area contributed by atoms with Crippen molar-refractivity contribution in [2.75, 3.05) is 20.1 Å². The average Bonchev–Trinajstić information content (AvgIpc) is 3.76. The van der Waals surface area contributed by atoms with Gasteiger partial charge in [0, 0.05) is 12.5 Å². The molecule has 1 aromatic rings. The van der Waals surface area contributed by atoms with Gasteiger partial charge in [0.25, 0.3) is 0 Å². The molecule has 3 saturated carbocycles. The molecule has 6 atom stereocenters. The Morgan fingerprint density at radius 1 is 0.833 bits per heavy atom. The van der Waals surface area contributed by atoms with Gasteiger partial charge in [0.15, 0.2) is 23.3 Å². The number of guanidine groups is 1. The Bertz CT molecular complexity index is 1600. The number of likely N-dealkylation sites (tertiary alicyclic amines) is 1. The van der Waals surface area contributed by atoms with Crippen molar-refractivity contribution in [3.05, 3.63) is 35.9 Å². The molecule has 0 aromatic heterocycles. The van der Waals surface area contributed by atoms with Gasteiger partial charge in [0.05, 0.1) is 30.1 Å². The lowest BCUT2D eigenvalue weighted by Gasteiger charge is -2.45. The number of benzene rings is 1. The molecule has 0 radical (unpaired) electrons. The van der Waals surface area contributed by atoms with E-state index in [0.29, 0.717) is 96.6 Å². The molecule has 14 nitrogen and oxygen atoms in total. The number of carbonyl (C=O) groups is 5. The van der Waals surface area contributed by atoms with Crippen LogP contribution in [0.25, 0.3) is 0 Å². The average molecular weight is 834 g/mol. The highest BCUT2D eigenvalue weighted by molar-refractivity contribution is 6.18. The molecular weight excluding hydrogens is 759 g/mol. The lowest BCUT2D eigenvalue weighted by atomic mass is 9.60. The van der Waals surface area contributed by atoms with Crippen molar-refractivity contribution in [1.29, 1.82) is 0 Å². The van der Waals surface area contributed by atoms with Gasteiger partial charge in [-0.3, -0.25) is 29.0 Å². The minimum Gasteiger partial charge on any atom is -0.370 e. The van der Waals surface area contributed by atoms with E-state index in [2.05, 4.69) is 15.6 Å². The fourth-order valence-electron chi connectivity index (χ4n) is 10.9. The zero-order chi connectivity index (χ0) is 43.2. The number of nitrogens with one attached hydrogen (secondary N) is 2. The Morgan fingerprint density at radius 3 is 2.10 bits per heavy atom. The number of unbranched alkanes of at least 4 members (excludes halogenated alkanes) is 1. The fraction of sp³-hybridized carbons (Fsp3) is 0.739. The monoisotopic (exact) mass is 834 g/mol. The molecule has 4 aliphatic rings. The molecular formula is C46H75N9O5. The quantitative estimate of drug-likeness (QED) is 0.0410. The summed E-state index contributed by atoms with van der Waals surface area (Å²) < 4.78 is 0. The van der Waals surface area contributed by atoms with E-state index in [1.54, 1.807) is 11.9 Å². The highest BCUT2D eigenvalue weighted by Gasteiger charge is 2.59. The van der Waals surface area contributed by atoms with E-state index in [0.717, 1.165) is 56.9 Å². The molecule has 1 aromatic carbocycles. The van der Waals surface area contributed by atoms with Gasteiger partial charge in [-0.25, -0.2) is 0 Å². The molecule has 1 heterocycles. The van der Waals surface area contributed by atoms with Gasteiger partial charge >= 0.3 is 0 Å². The second-order valence-electron chi connectivity index (χ2n) is 18.3. The maximum atomic E-state index is 15.6. The molecule has 1 saturated heterocycles. The number of ketones is 3. The van der Waals surface area contributed by atoms with Crippen LogP contribution in [0.4, 0.5) is 0 Å². The van der Waals surface area contributed by atoms with E-state index in [9.17, 15) is 9.59 Å². The third-order valence-electron chi connectivity index (χ3n) is 14.2. The van der Waals surface area contributed by atoms with E-state index in [1.165, 1.54) is 0 Å². The van der Waals surface area contributed by atoms with Crippen LogP contribution >= 0.6 is 0 Å². The second-order valence-corrected chi connectivity index (χ2v) is 18.3. The molecule has 2 amide bonds. The van der Waals surface area contributed by atoms with Gasteiger partial charge in [-0.1, -0.05) is 81.7 Å². The summed E-state index contributed by atoms with van der Waals surface area (Å²) >= 11 is 0. The van der Waals surface area contributed by atoms with Gasteiger partial charge in [0.1, 0.15) is 11.6 Å². The zero-order valence-corrected chi connectivity index (χ0v) is 36.2. The Kier molecular flexibility index (Phi) is 18.1. The largest absolute Gasteiger partial charge is 0.370 e. The maximum Gasteiger partial charge on any atom is 0.245 e. The van der Waals surface area contributed by atoms with Crippen molar-refractivity contribution in [3.8, 4) is 0 Å². The molecule has 0 spiro atoms. The van der Waals surface area contributed by atoms with Crippen molar-refractivity contribution in [3.63, 3.8) is 0 Å². The summed E-state index contributed by atoms with van der Waals surface area (Å²) in [4.78, 5) is 80.4. The first-order valence-electron chi connectivity index (χ1n) is 23.2. The highest BCUT2D eigenvalue weighted by Crippen LogP contribution is 2.43. The second kappa shape index (κ2) is 22.9. The van der Waals surface area contributed by atoms with Crippen LogP contribution in [0.3, 0.4) is 0 Å². The predicted octanol–water partition coefficient (Wildman–Crippen LogP) is 3.15. The van der Waals surface area contributed by atoms with Gasteiger partial charge in [-0.15, -0.1) is 0 Å². The van der Waals surface area contributed by atoms with Crippen molar-refractivity contribution < 1.29 is 24.0 Å². The van der Waals surface area contributed by atoms with Crippen LogP contribution in [0.15, 0.2) is 35.3 Å². The number of likely N-dealkylation sites (N-methyl/N-ethyl adjacent to an activating group) is 1. The Balaban J connectivity index is 1.47. The van der Waals surface area contributed by atoms with Crippen molar-refractivity contribution in [1.82, 2.24) is 15.5 Å². The van der Waals surface area contributed by atoms with Gasteiger partial charge in [-0.05, 0) is 114 Å². The number of aliphatic imine (C=N–C) groups is 1. The lowest BCUT2D eigenvalue weighted by molar-refractivity contribution is -0.151. The summed E-state index contributed by atoms with van der Waals surface area (Å²) in [6.07, 6.45) is 14.6. The third kappa shape index (κ3) is 12.0. The number of nitrogens with zero attached hydrogens (tertiary/aromatic N) is 2. The molecule has 0 bridgehead atoms. The Labute approximate surface area is 357 Å². The van der Waals surface area contributed by atoms with Crippen LogP contribution in [0.1, 0.15) is 134 Å². The normalized spacial score (nSPS) is 24.7. The van der Waals surface area contributed by atoms with Gasteiger partial charge in [-0.2, -0.15) is 0 Å². The highest BCUT2D eigenvalue weighted by atomic mass is 16.2. The number of hydrogen-bond donors (Lipinski definition) is 7. The summed E-state index contributed by atoms with van der Waals surface area (Å²) in [5.41, 5.74) is 30.4. The summed E-state index contributed by atoms with van der Waals surface area (Å²) in [5, 5.41) is 6.14. The number of amides is 2. The molecule has 5 rings (SSSR count). The number of rotatable bonds is 21. The number of carbonyl (C=O) groups excluding carboxylic acids is 5. The molecule has 60 heavy (non-hydrogen) atoms. The van der Waals surface area contributed by atoms with Crippen molar-refractivity contribution in [2.45, 2.75) is 171 Å². The molecule has 4 fully saturated rings. The van der Waals surface area contributed by atoms with Crippen LogP contribution in [0.2, 0.25) is 0 Å². The number of hydrogen-bond acceptors (Lipinski definition) is 10. The Morgan fingerprint density at radius 2 is 1.48 bits per heavy atom. The van der Waals surface area contributed by atoms with Crippen LogP contribution in [0.5, 0.6) is 0 Å². The molecule has 334 valence electrons. The molecule has 12 N–H and O–H groups in total. The minimum absolute atomic E-state index is 0.00402. The van der Waals surface area contributed by atoms with E-state index < -0.39 is 53.1 Å². The van der Waals surface area contributed by atoms with Crippen molar-refractivity contribution >= 4 is 35.1 Å². The smallest absolute Gasteiger partial charge is 0.245 e. The zero-order valence-electron chi connectivity index (χ0n) is 36.2. The minimum atomic E-state index is -2.16. The molecule has 14 heteroatoms. The van der Waals surface area contributed by atoms with Gasteiger partial charge < -0.3 is 44.2 Å². The molecule has 3 aliphatic carbocycles. The first-order valence-corrected chi connectivity index (χ1v) is 23.2. The lowest BCUT2D eigenvalue weighted by Crippen LogP contribution is -2.70. The van der Waals surface area contributed by atoms with E-state index in [-0.39, 0.29) is 41.4 Å². The maximum absolute atomic E-state index is 15.6. The fourth-order valence-corrected chi connectivity index (χ4v) is 10.9. The van der Waals surface area contributed by atoms with Crippen LogP contribution in [0, 0.1) is 23.7 Å². The third-order valence-corrected chi connectivity index (χ3v) is 14.2. The topological polar surface area (TPSA) is 255 Å². The van der Waals surface area contributed by atoms with Gasteiger partial charge in [0.2, 0.25) is 11.8 Å². The number of Topliss-reactive ketones (excluding diaryl/α,β-unsaturated/α-hetero) is 3. The summed E-state index contributed by atoms with van der Waals surface area (Å²) in [6, 6.07) is 6.15. The molecule has 1 unspecified atom stereocenters. The molecule has 1 aliphatic heterocycles. The van der Waals surface area contributed by atoms with Crippen LogP contribution in [-0.4, -0.2) is 95.9 Å². The van der Waals surface area contributed by atoms with Crippen LogP contribution in [-0.2, 0) is 30.4 Å². The first-order chi connectivity index (χ1) is 28.9. The van der Waals surface area contributed by atoms with Crippen LogP contribution < -0.4 is 39.3 Å². The SMILES string of the molecule is CN[C@@H](Cc1ccccc1)C(=O)N[C@@H](CCCCN)C(=O)N1CCC[C@H]1C(=O)C(C1CCCCC1)[C@](N)(C(=O)C1CCC(N=C(N)N)CC1)C(=O)[C@H](N)CC1CCCCC1. The van der Waals surface area contributed by atoms with E-state index in [4.69, 9.17) is 28.7 Å². The summed E-state index contributed by atoms with van der Waals surface area (Å²) in [5.74, 6) is -3.75. The summed E-state index contributed by atoms with van der Waals surface area (Å²) in [7, 11) is 1.72. The standard InChI is InChI=1S/C46H75N9O5/c1-52-37(29-31-16-7-3-8-17-31)43(59)54-36(20-11-12-26-47)44(60)55-27-13-21-38(55)40(56)39(32-18-9-4-10-19-32)46(51,42(58)35(48)28-30-14-5-2-6-15-30)41(57)33-22-24-34(25-23-33)53-45(49)50/h3,7-8,16-17,30,32-39,52H,2,4-6,9-15,18-29,47-48,51H2,1H3,(H,54,59)(H4,49,50,53)/t33?,34?,35-,36+,37+,38+,39?,46+/m1/s1. The number of nitrogens with two attached hydrogens (primary N) is 5. The van der Waals surface area contributed by atoms with E-state index >= 15 is 14.4 Å².